The molecule has 0 aromatic rings. The molecule has 0 aromatic carbocycles. The fraction of sp³-hybridized carbons (Fsp3) is 0.760. The first kappa shape index (κ1) is 21.0. The molecule has 0 spiro atoms. The second kappa shape index (κ2) is 6.29. The number of allylic oxidation sites excluding steroid dienone is 4. The molecule has 2 saturated heterocycles. The normalized spacial score (nSPS) is 57.7. The third kappa shape index (κ3) is 2.20. The number of nitrogens with zero attached hydrogens (tertiary/aromatic N) is 1. The highest BCUT2D eigenvalue weighted by molar-refractivity contribution is 6.01. The van der Waals surface area contributed by atoms with E-state index >= 15 is 4.39 Å². The molecule has 32 heavy (non-hydrogen) atoms. The zero-order valence-electron chi connectivity index (χ0n) is 18.7. The summed E-state index contributed by atoms with van der Waals surface area (Å²) in [4.78, 5) is 12.0. The van der Waals surface area contributed by atoms with Gasteiger partial charge < -0.3 is 19.3 Å². The van der Waals surface area contributed by atoms with Gasteiger partial charge >= 0.3 is 0 Å². The van der Waals surface area contributed by atoms with E-state index in [2.05, 4.69) is 13.0 Å². The van der Waals surface area contributed by atoms with Gasteiger partial charge in [0.05, 0.1) is 18.8 Å². The molecule has 5 fully saturated rings. The summed E-state index contributed by atoms with van der Waals surface area (Å²) in [5.41, 5.74) is -2.89. The van der Waals surface area contributed by atoms with Crippen LogP contribution in [0.25, 0.3) is 0 Å². The second-order valence-corrected chi connectivity index (χ2v) is 11.1. The Bertz CT molecular complexity index is 983. The molecule has 0 aromatic heterocycles. The molecule has 2 heterocycles. The van der Waals surface area contributed by atoms with Crippen molar-refractivity contribution in [1.29, 1.82) is 5.26 Å². The first-order chi connectivity index (χ1) is 15.2. The van der Waals surface area contributed by atoms with Gasteiger partial charge in [-0.2, -0.15) is 5.26 Å². The molecule has 3 saturated carbocycles. The van der Waals surface area contributed by atoms with E-state index < -0.39 is 40.6 Å². The smallest absolute Gasteiger partial charge is 0.209 e. The SMILES string of the molecule is CCC1O[C@@H]2C[C@H]3[C@@H]4C[C@H](F)C5=CC(=O)C=C[C@]5(C)[C@H]4[C@@H](O)C[C@]3(C)[C@]2(C2(C#N)CO2)O1. The maximum atomic E-state index is 15.6. The number of carbonyl (C=O) groups excluding carboxylic acids is 1. The van der Waals surface area contributed by atoms with E-state index in [4.69, 9.17) is 14.2 Å². The van der Waals surface area contributed by atoms with E-state index in [0.717, 1.165) is 0 Å². The van der Waals surface area contributed by atoms with Crippen LogP contribution in [0.1, 0.15) is 46.5 Å². The first-order valence-electron chi connectivity index (χ1n) is 11.8. The summed E-state index contributed by atoms with van der Waals surface area (Å²) in [6, 6.07) is 2.37. The van der Waals surface area contributed by atoms with Gasteiger partial charge in [-0.05, 0) is 55.2 Å². The number of aliphatic hydroxyl groups excluding tert-OH is 1. The zero-order valence-corrected chi connectivity index (χ0v) is 18.7. The van der Waals surface area contributed by atoms with Crippen molar-refractivity contribution in [2.24, 2.45) is 28.6 Å². The van der Waals surface area contributed by atoms with Crippen LogP contribution in [-0.2, 0) is 19.0 Å². The molecule has 0 radical (unpaired) electrons. The second-order valence-electron chi connectivity index (χ2n) is 11.1. The molecular formula is C25H30FNO5. The summed E-state index contributed by atoms with van der Waals surface area (Å²) >= 11 is 0. The van der Waals surface area contributed by atoms with Crippen LogP contribution >= 0.6 is 0 Å². The van der Waals surface area contributed by atoms with Crippen molar-refractivity contribution in [3.8, 4) is 6.07 Å². The van der Waals surface area contributed by atoms with E-state index in [0.29, 0.717) is 24.8 Å². The van der Waals surface area contributed by atoms with Crippen LogP contribution in [0.4, 0.5) is 4.39 Å². The minimum Gasteiger partial charge on any atom is -0.393 e. The molecular weight excluding hydrogens is 413 g/mol. The van der Waals surface area contributed by atoms with Crippen molar-refractivity contribution in [2.45, 2.75) is 82.3 Å². The molecule has 172 valence electrons. The molecule has 0 bridgehead atoms. The minimum absolute atomic E-state index is 0.00999. The molecule has 1 N–H and O–H groups in total. The lowest BCUT2D eigenvalue weighted by Gasteiger charge is -2.60. The molecule has 7 heteroatoms. The molecule has 0 amide bonds. The van der Waals surface area contributed by atoms with Gasteiger partial charge in [0.25, 0.3) is 0 Å². The van der Waals surface area contributed by atoms with Crippen LogP contribution in [0.5, 0.6) is 0 Å². The van der Waals surface area contributed by atoms with E-state index in [1.165, 1.54) is 12.2 Å². The molecule has 6 rings (SSSR count). The van der Waals surface area contributed by atoms with Crippen molar-refractivity contribution >= 4 is 5.78 Å². The van der Waals surface area contributed by atoms with Crippen LogP contribution in [0.15, 0.2) is 23.8 Å². The average molecular weight is 444 g/mol. The highest BCUT2D eigenvalue weighted by Gasteiger charge is 2.83. The van der Waals surface area contributed by atoms with E-state index in [1.807, 2.05) is 13.8 Å². The molecule has 6 nitrogen and oxygen atoms in total. The lowest BCUT2D eigenvalue weighted by atomic mass is 9.45. The van der Waals surface area contributed by atoms with E-state index in [1.54, 1.807) is 6.08 Å². The highest BCUT2D eigenvalue weighted by atomic mass is 19.1. The monoisotopic (exact) mass is 443 g/mol. The number of halogens is 1. The quantitative estimate of drug-likeness (QED) is 0.660. The number of hydrogen-bond acceptors (Lipinski definition) is 6. The van der Waals surface area contributed by atoms with Crippen LogP contribution in [-0.4, -0.2) is 53.4 Å². The maximum absolute atomic E-state index is 15.6. The predicted molar refractivity (Wildman–Crippen MR) is 111 cm³/mol. The first-order valence-corrected chi connectivity index (χ1v) is 11.8. The Kier molecular flexibility index (Phi) is 4.13. The van der Waals surface area contributed by atoms with Crippen LogP contribution in [0.2, 0.25) is 0 Å². The van der Waals surface area contributed by atoms with Gasteiger partial charge in [0.15, 0.2) is 12.1 Å². The number of epoxide rings is 1. The number of carbonyl (C=O) groups is 1. The summed E-state index contributed by atoms with van der Waals surface area (Å²) in [6.07, 6.45) is 4.00. The maximum Gasteiger partial charge on any atom is 0.209 e. The number of rotatable bonds is 2. The number of aliphatic hydroxyl groups is 1. The van der Waals surface area contributed by atoms with Crippen molar-refractivity contribution < 1.29 is 28.5 Å². The van der Waals surface area contributed by atoms with Crippen LogP contribution in [0, 0.1) is 39.9 Å². The van der Waals surface area contributed by atoms with Crippen molar-refractivity contribution in [1.82, 2.24) is 0 Å². The van der Waals surface area contributed by atoms with E-state index in [9.17, 15) is 15.2 Å². The van der Waals surface area contributed by atoms with Crippen molar-refractivity contribution in [3.05, 3.63) is 23.8 Å². The Morgan fingerprint density at radius 1 is 1.34 bits per heavy atom. The third-order valence-corrected chi connectivity index (χ3v) is 9.82. The fourth-order valence-electron chi connectivity index (χ4n) is 8.52. The van der Waals surface area contributed by atoms with Gasteiger partial charge in [-0.1, -0.05) is 26.8 Å². The Labute approximate surface area is 187 Å². The molecule has 6 aliphatic rings. The molecule has 11 atom stereocenters. The topological polar surface area (TPSA) is 92.1 Å². The lowest BCUT2D eigenvalue weighted by Crippen LogP contribution is -2.65. The lowest BCUT2D eigenvalue weighted by molar-refractivity contribution is -0.212. The highest BCUT2D eigenvalue weighted by Crippen LogP contribution is 2.73. The number of hydrogen-bond donors (Lipinski definition) is 1. The molecule has 4 aliphatic carbocycles. The van der Waals surface area contributed by atoms with Crippen molar-refractivity contribution in [3.63, 3.8) is 0 Å². The van der Waals surface area contributed by atoms with Gasteiger partial charge in [-0.3, -0.25) is 4.79 Å². The van der Waals surface area contributed by atoms with Gasteiger partial charge in [0.2, 0.25) is 5.60 Å². The number of ketones is 1. The summed E-state index contributed by atoms with van der Waals surface area (Å²) in [5.74, 6) is -0.518. The van der Waals surface area contributed by atoms with Gasteiger partial charge in [-0.15, -0.1) is 0 Å². The average Bonchev–Trinajstić information content (AvgIpc) is 3.39. The molecule has 2 unspecified atom stereocenters. The van der Waals surface area contributed by atoms with Gasteiger partial charge in [0.1, 0.15) is 17.8 Å². The number of alkyl halides is 1. The van der Waals surface area contributed by atoms with Gasteiger partial charge in [0, 0.05) is 16.7 Å². The summed E-state index contributed by atoms with van der Waals surface area (Å²) in [7, 11) is 0. The minimum atomic E-state index is -1.24. The van der Waals surface area contributed by atoms with Gasteiger partial charge in [-0.25, -0.2) is 4.39 Å². The summed E-state index contributed by atoms with van der Waals surface area (Å²) < 4.78 is 34.2. The fourth-order valence-corrected chi connectivity index (χ4v) is 8.52. The number of nitriles is 1. The Balaban J connectivity index is 1.46. The predicted octanol–water partition coefficient (Wildman–Crippen LogP) is 3.01. The summed E-state index contributed by atoms with van der Waals surface area (Å²) in [6.45, 7) is 6.30. The number of fused-ring (bicyclic) bond motifs is 7. The summed E-state index contributed by atoms with van der Waals surface area (Å²) in [5, 5.41) is 21.7. The Morgan fingerprint density at radius 3 is 2.75 bits per heavy atom. The third-order valence-electron chi connectivity index (χ3n) is 9.82. The van der Waals surface area contributed by atoms with E-state index in [-0.39, 0.29) is 42.7 Å². The zero-order chi connectivity index (χ0) is 22.7. The Morgan fingerprint density at radius 2 is 2.09 bits per heavy atom. The Hall–Kier alpha value is -1.59. The largest absolute Gasteiger partial charge is 0.393 e. The van der Waals surface area contributed by atoms with Crippen LogP contribution < -0.4 is 0 Å². The van der Waals surface area contributed by atoms with Crippen molar-refractivity contribution in [2.75, 3.05) is 6.61 Å². The molecule has 2 aliphatic heterocycles. The standard InChI is InChI=1S/C25H30FNO5/c1-4-20-31-19-9-15-14-8-17(26)16-7-13(28)5-6-22(16,2)21(14)18(29)10-23(15,3)25(19,32-20)24(11-27)12-30-24/h5-7,14-15,17-21,29H,4,8-10,12H2,1-3H3/t14-,15-,17-,18-,19+,20?,21+,22-,23-,24?,25+/m0/s1. The number of ether oxygens (including phenoxy) is 3. The van der Waals surface area contributed by atoms with Crippen LogP contribution in [0.3, 0.4) is 0 Å².